The molecular formula is C33H37ClFN7O2S. The number of nitrogens with two attached hydrogens (primary N) is 1. The Balaban J connectivity index is 1.44. The number of likely N-dealkylation sites (tertiary alicyclic amines) is 1. The van der Waals surface area contributed by atoms with Gasteiger partial charge in [0.2, 0.25) is 0 Å². The highest BCUT2D eigenvalue weighted by molar-refractivity contribution is 7.23. The monoisotopic (exact) mass is 649 g/mol. The lowest BCUT2D eigenvalue weighted by Gasteiger charge is -2.34. The van der Waals surface area contributed by atoms with Gasteiger partial charge in [0.1, 0.15) is 29.0 Å². The Morgan fingerprint density at radius 2 is 1.96 bits per heavy atom. The standard InChI is InChI=1S/C33H37ClFN7O2S/c1-4-11-41-12-5-6-20(41)16-44-33-39-29-26(32(40-33)42-14-18-8-9-19(15-42)38-18)30(43-3)27(34)25(28(29)35)23-17(2)7-10-22-24(23)21(13-36)31(37)45-22/h7,10,18-20,38H,4-6,8-9,11-12,14-16,37H2,1-3H3. The van der Waals surface area contributed by atoms with Crippen LogP contribution in [0.3, 0.4) is 0 Å². The molecule has 0 spiro atoms. The molecular weight excluding hydrogens is 613 g/mol. The van der Waals surface area contributed by atoms with Crippen LogP contribution in [0.4, 0.5) is 15.2 Å². The number of thiophene rings is 1. The normalized spacial score (nSPS) is 21.6. The largest absolute Gasteiger partial charge is 0.494 e. The number of piperazine rings is 1. The van der Waals surface area contributed by atoms with E-state index >= 15 is 4.39 Å². The van der Waals surface area contributed by atoms with Gasteiger partial charge >= 0.3 is 6.01 Å². The predicted molar refractivity (Wildman–Crippen MR) is 178 cm³/mol. The molecule has 9 nitrogen and oxygen atoms in total. The first-order chi connectivity index (χ1) is 21.8. The fourth-order valence-corrected chi connectivity index (χ4v) is 8.77. The number of methoxy groups -OCH3 is 1. The minimum absolute atomic E-state index is 0.0760. The molecule has 3 fully saturated rings. The van der Waals surface area contributed by atoms with E-state index in [1.54, 1.807) is 0 Å². The predicted octanol–water partition coefficient (Wildman–Crippen LogP) is 6.27. The summed E-state index contributed by atoms with van der Waals surface area (Å²) in [6, 6.07) is 7.04. The van der Waals surface area contributed by atoms with Crippen molar-refractivity contribution >= 4 is 54.7 Å². The third-order valence-electron chi connectivity index (χ3n) is 9.53. The third-order valence-corrected chi connectivity index (χ3v) is 10.9. The van der Waals surface area contributed by atoms with Crippen molar-refractivity contribution in [3.63, 3.8) is 0 Å². The Hall–Kier alpha value is -3.43. The number of hydrogen-bond acceptors (Lipinski definition) is 10. The summed E-state index contributed by atoms with van der Waals surface area (Å²) in [5.74, 6) is 0.237. The van der Waals surface area contributed by atoms with E-state index < -0.39 is 5.82 Å². The lowest BCUT2D eigenvalue weighted by Crippen LogP contribution is -2.51. The Morgan fingerprint density at radius 1 is 1.18 bits per heavy atom. The minimum Gasteiger partial charge on any atom is -0.494 e. The van der Waals surface area contributed by atoms with Crippen LogP contribution in [0, 0.1) is 24.1 Å². The molecule has 3 atom stereocenters. The first-order valence-corrected chi connectivity index (χ1v) is 16.9. The van der Waals surface area contributed by atoms with E-state index in [9.17, 15) is 5.26 Å². The van der Waals surface area contributed by atoms with Crippen LogP contribution < -0.4 is 25.4 Å². The molecule has 2 bridgehead atoms. The van der Waals surface area contributed by atoms with Gasteiger partial charge in [-0.05, 0) is 69.3 Å². The van der Waals surface area contributed by atoms with Crippen molar-refractivity contribution in [2.45, 2.75) is 64.1 Å². The average molecular weight is 650 g/mol. The Kier molecular flexibility index (Phi) is 8.10. The van der Waals surface area contributed by atoms with Crippen molar-refractivity contribution in [1.82, 2.24) is 20.2 Å². The summed E-state index contributed by atoms with van der Waals surface area (Å²) < 4.78 is 30.3. The van der Waals surface area contributed by atoms with Gasteiger partial charge in [0, 0.05) is 46.9 Å². The van der Waals surface area contributed by atoms with Gasteiger partial charge in [-0.2, -0.15) is 15.2 Å². The molecule has 3 N–H and O–H groups in total. The summed E-state index contributed by atoms with van der Waals surface area (Å²) in [7, 11) is 1.52. The summed E-state index contributed by atoms with van der Waals surface area (Å²) in [6.45, 7) is 7.98. The Morgan fingerprint density at radius 3 is 2.67 bits per heavy atom. The van der Waals surface area contributed by atoms with E-state index in [2.05, 4.69) is 28.1 Å². The molecule has 0 radical (unpaired) electrons. The summed E-state index contributed by atoms with van der Waals surface area (Å²) >= 11 is 8.41. The van der Waals surface area contributed by atoms with Crippen LogP contribution in [0.1, 0.15) is 50.2 Å². The second-order valence-electron chi connectivity index (χ2n) is 12.4. The van der Waals surface area contributed by atoms with Crippen LogP contribution in [-0.2, 0) is 0 Å². The number of anilines is 2. The zero-order valence-corrected chi connectivity index (χ0v) is 27.3. The van der Waals surface area contributed by atoms with Crippen LogP contribution >= 0.6 is 22.9 Å². The lowest BCUT2D eigenvalue weighted by molar-refractivity contribution is 0.165. The molecule has 2 aromatic carbocycles. The highest BCUT2D eigenvalue weighted by atomic mass is 35.5. The quantitative estimate of drug-likeness (QED) is 0.228. The number of aryl methyl sites for hydroxylation is 1. The van der Waals surface area contributed by atoms with Crippen LogP contribution in [0.5, 0.6) is 11.8 Å². The Labute approximate surface area is 271 Å². The first kappa shape index (κ1) is 30.2. The van der Waals surface area contributed by atoms with Gasteiger partial charge in [-0.25, -0.2) is 4.39 Å². The van der Waals surface area contributed by atoms with Gasteiger partial charge in [-0.3, -0.25) is 4.90 Å². The Bertz CT molecular complexity index is 1830. The van der Waals surface area contributed by atoms with Crippen LogP contribution in [0.2, 0.25) is 5.02 Å². The van der Waals surface area contributed by atoms with Gasteiger partial charge in [-0.1, -0.05) is 24.6 Å². The zero-order chi connectivity index (χ0) is 31.4. The van der Waals surface area contributed by atoms with E-state index in [-0.39, 0.29) is 28.2 Å². The van der Waals surface area contributed by atoms with Crippen LogP contribution in [0.15, 0.2) is 12.1 Å². The van der Waals surface area contributed by atoms with Gasteiger partial charge < -0.3 is 25.4 Å². The van der Waals surface area contributed by atoms with Crippen LogP contribution in [0.25, 0.3) is 32.1 Å². The molecule has 4 aromatic rings. The molecule has 3 aliphatic rings. The van der Waals surface area contributed by atoms with Crippen molar-refractivity contribution in [3.05, 3.63) is 34.1 Å². The number of nitrogen functional groups attached to an aromatic ring is 1. The number of rotatable bonds is 8. The number of hydrogen-bond donors (Lipinski definition) is 2. The maximum Gasteiger partial charge on any atom is 0.319 e. The molecule has 3 unspecified atom stereocenters. The third kappa shape index (κ3) is 5.12. The summed E-state index contributed by atoms with van der Waals surface area (Å²) in [4.78, 5) is 14.3. The number of benzene rings is 2. The molecule has 12 heteroatoms. The number of nitriles is 1. The average Bonchev–Trinajstić information content (AvgIpc) is 3.72. The number of halogens is 2. The maximum atomic E-state index is 17.2. The topological polar surface area (TPSA) is 113 Å². The fraction of sp³-hybridized carbons (Fsp3) is 0.485. The van der Waals surface area contributed by atoms with E-state index in [1.807, 2.05) is 19.1 Å². The van der Waals surface area contributed by atoms with Crippen molar-refractivity contribution in [1.29, 1.82) is 5.26 Å². The number of nitrogens with zero attached hydrogens (tertiary/aromatic N) is 5. The molecule has 2 aromatic heterocycles. The van der Waals surface area contributed by atoms with E-state index in [1.165, 1.54) is 18.4 Å². The summed E-state index contributed by atoms with van der Waals surface area (Å²) in [5, 5.41) is 15.1. The molecule has 5 heterocycles. The highest BCUT2D eigenvalue weighted by Gasteiger charge is 2.36. The number of ether oxygens (including phenoxy) is 2. The second kappa shape index (κ2) is 12.1. The van der Waals surface area contributed by atoms with E-state index in [4.69, 9.17) is 36.8 Å². The number of fused-ring (bicyclic) bond motifs is 4. The molecule has 0 saturated carbocycles. The van der Waals surface area contributed by atoms with Crippen molar-refractivity contribution < 1.29 is 13.9 Å². The van der Waals surface area contributed by atoms with Gasteiger partial charge in [0.15, 0.2) is 11.6 Å². The number of nitrogens with one attached hydrogen (secondary N) is 1. The van der Waals surface area contributed by atoms with Crippen LogP contribution in [-0.4, -0.2) is 72.9 Å². The summed E-state index contributed by atoms with van der Waals surface area (Å²) in [6.07, 6.45) is 5.39. The van der Waals surface area contributed by atoms with Crippen molar-refractivity contribution in [2.24, 2.45) is 0 Å². The molecule has 3 saturated heterocycles. The van der Waals surface area contributed by atoms with Gasteiger partial charge in [-0.15, -0.1) is 11.3 Å². The SMILES string of the molecule is CCCN1CCCC1COc1nc(N2CC3CCC(C2)N3)c2c(OC)c(Cl)c(-c3c(C)ccc4sc(N)c(C#N)c34)c(F)c2n1. The van der Waals surface area contributed by atoms with E-state index in [0.29, 0.717) is 57.2 Å². The highest BCUT2D eigenvalue weighted by Crippen LogP contribution is 2.50. The van der Waals surface area contributed by atoms with Gasteiger partial charge in [0.25, 0.3) is 0 Å². The maximum absolute atomic E-state index is 17.2. The number of aromatic nitrogens is 2. The summed E-state index contributed by atoms with van der Waals surface area (Å²) in [5.41, 5.74) is 8.00. The van der Waals surface area contributed by atoms with Gasteiger partial charge in [0.05, 0.1) is 23.1 Å². The smallest absolute Gasteiger partial charge is 0.319 e. The lowest BCUT2D eigenvalue weighted by atomic mass is 9.93. The molecule has 7 rings (SSSR count). The molecule has 3 aliphatic heterocycles. The van der Waals surface area contributed by atoms with E-state index in [0.717, 1.165) is 68.5 Å². The molecule has 45 heavy (non-hydrogen) atoms. The first-order valence-electron chi connectivity index (χ1n) is 15.7. The minimum atomic E-state index is -0.611. The van der Waals surface area contributed by atoms with Crippen molar-refractivity contribution in [2.75, 3.05) is 50.5 Å². The fourth-order valence-electron chi connectivity index (χ4n) is 7.49. The molecule has 236 valence electrons. The van der Waals surface area contributed by atoms with Crippen molar-refractivity contribution in [3.8, 4) is 29.0 Å². The zero-order valence-electron chi connectivity index (χ0n) is 25.8. The molecule has 0 amide bonds. The second-order valence-corrected chi connectivity index (χ2v) is 13.8. The molecule has 0 aliphatic carbocycles.